The van der Waals surface area contributed by atoms with Crippen LogP contribution >= 0.6 is 11.3 Å². The Morgan fingerprint density at radius 3 is 2.64 bits per heavy atom. The van der Waals surface area contributed by atoms with Crippen molar-refractivity contribution in [2.24, 2.45) is 17.3 Å². The highest BCUT2D eigenvalue weighted by Gasteiger charge is 2.19. The molecule has 28 heavy (non-hydrogen) atoms. The number of non-ortho nitro benzene ring substituents is 1. The molecule has 0 radical (unpaired) electrons. The average molecular weight is 459 g/mol. The molecule has 10 heteroatoms. The molecule has 0 saturated heterocycles. The van der Waals surface area contributed by atoms with Crippen LogP contribution in [0.1, 0.15) is 0 Å². The van der Waals surface area contributed by atoms with Crippen LogP contribution in [0.5, 0.6) is 0 Å². The lowest BCUT2D eigenvalue weighted by atomic mass is 10.1. The smallest absolute Gasteiger partial charge is 0.408 e. The monoisotopic (exact) mass is 458 g/mol. The van der Waals surface area contributed by atoms with Crippen molar-refractivity contribution in [3.05, 3.63) is 64.0 Å². The number of fused-ring (bicyclic) bond motifs is 1. The molecule has 0 saturated carbocycles. The van der Waals surface area contributed by atoms with Crippen molar-refractivity contribution in [3.8, 4) is 11.3 Å². The number of aromatic nitrogens is 2. The first-order valence-corrected chi connectivity index (χ1v) is 8.93. The lowest BCUT2D eigenvalue weighted by Crippen LogP contribution is -3.00. The number of benzene rings is 2. The Labute approximate surface area is 174 Å². The third-order valence-electron chi connectivity index (χ3n) is 4.24. The molecule has 0 amide bonds. The summed E-state index contributed by atoms with van der Waals surface area (Å²) in [5.74, 6) is 1.14. The maximum atomic E-state index is 11.0. The molecule has 0 aliphatic heterocycles. The molecule has 2 heterocycles. The number of thiazole rings is 1. The number of halogens is 1. The average Bonchev–Trinajstić information content (AvgIpc) is 3.20. The van der Waals surface area contributed by atoms with Crippen molar-refractivity contribution < 1.29 is 26.5 Å². The van der Waals surface area contributed by atoms with Gasteiger partial charge in [0.2, 0.25) is 0 Å². The molecule has 0 spiro atoms. The SMILES string of the molecule is C[n+]1c(-c2cccc([N+](=O)[O-])c2)csc1/N=N/c1[nH]c(N)c2ccccc12.[Br-]. The number of nitrogens with one attached hydrogen (secondary N) is 1. The molecular formula is C18H15BrN6O2S. The van der Waals surface area contributed by atoms with E-state index in [-0.39, 0.29) is 22.7 Å². The minimum absolute atomic E-state index is 0. The second-order valence-electron chi connectivity index (χ2n) is 5.90. The van der Waals surface area contributed by atoms with Crippen LogP contribution in [0.25, 0.3) is 22.0 Å². The van der Waals surface area contributed by atoms with Crippen molar-refractivity contribution in [1.29, 1.82) is 0 Å². The number of aromatic amines is 1. The minimum atomic E-state index is -0.406. The van der Waals surface area contributed by atoms with Crippen LogP contribution in [-0.4, -0.2) is 9.91 Å². The zero-order valence-electron chi connectivity index (χ0n) is 14.7. The number of hydrogen-bond acceptors (Lipinski definition) is 6. The van der Waals surface area contributed by atoms with Crippen LogP contribution in [0.2, 0.25) is 0 Å². The van der Waals surface area contributed by atoms with E-state index in [1.54, 1.807) is 12.1 Å². The van der Waals surface area contributed by atoms with Crippen LogP contribution in [0, 0.1) is 10.1 Å². The Morgan fingerprint density at radius 2 is 1.89 bits per heavy atom. The largest absolute Gasteiger partial charge is 1.00 e. The molecule has 8 nitrogen and oxygen atoms in total. The Morgan fingerprint density at radius 1 is 1.14 bits per heavy atom. The van der Waals surface area contributed by atoms with E-state index in [2.05, 4.69) is 15.2 Å². The second-order valence-corrected chi connectivity index (χ2v) is 6.74. The molecule has 0 unspecified atom stereocenters. The second kappa shape index (κ2) is 7.87. The fraction of sp³-hybridized carbons (Fsp3) is 0.0556. The van der Waals surface area contributed by atoms with Gasteiger partial charge >= 0.3 is 5.13 Å². The van der Waals surface area contributed by atoms with Gasteiger partial charge in [-0.15, -0.1) is 0 Å². The molecule has 4 rings (SSSR count). The number of nitrogens with zero attached hydrogens (tertiary/aromatic N) is 4. The zero-order valence-corrected chi connectivity index (χ0v) is 17.1. The molecule has 0 atom stereocenters. The molecule has 2 aromatic carbocycles. The summed E-state index contributed by atoms with van der Waals surface area (Å²) in [4.78, 5) is 13.6. The van der Waals surface area contributed by atoms with E-state index >= 15 is 0 Å². The molecule has 4 aromatic rings. The van der Waals surface area contributed by atoms with Gasteiger partial charge in [-0.3, -0.25) is 10.1 Å². The summed E-state index contributed by atoms with van der Waals surface area (Å²) in [6.45, 7) is 0. The van der Waals surface area contributed by atoms with Gasteiger partial charge in [0.05, 0.1) is 17.1 Å². The molecular weight excluding hydrogens is 444 g/mol. The van der Waals surface area contributed by atoms with Gasteiger partial charge in [0.15, 0.2) is 5.82 Å². The topological polar surface area (TPSA) is 114 Å². The number of H-pyrrole nitrogens is 1. The first kappa shape index (κ1) is 19.6. The first-order valence-electron chi connectivity index (χ1n) is 8.05. The summed E-state index contributed by atoms with van der Waals surface area (Å²) in [6, 6.07) is 14.2. The number of nitrogen functional groups attached to an aromatic ring is 1. The van der Waals surface area contributed by atoms with Crippen LogP contribution < -0.4 is 27.3 Å². The molecule has 3 N–H and O–H groups in total. The van der Waals surface area contributed by atoms with Crippen LogP contribution in [0.15, 0.2) is 64.1 Å². The third-order valence-corrected chi connectivity index (χ3v) is 5.15. The standard InChI is InChI=1S/C18H14N6O2S.BrH/c1-23-15(11-5-4-6-12(9-11)24(25)26)10-27-18(23)22-21-17-14-8-3-2-7-13(14)16(19)20-17;/h2-10H,1H3,(H2,19,20,21);1H. The lowest BCUT2D eigenvalue weighted by Gasteiger charge is -1.98. The summed E-state index contributed by atoms with van der Waals surface area (Å²) >= 11 is 1.40. The maximum absolute atomic E-state index is 11.0. The number of nitro groups is 1. The van der Waals surface area contributed by atoms with Gasteiger partial charge in [0.1, 0.15) is 11.5 Å². The van der Waals surface area contributed by atoms with E-state index in [0.29, 0.717) is 16.8 Å². The summed E-state index contributed by atoms with van der Waals surface area (Å²) in [6.07, 6.45) is 0. The Kier molecular flexibility index (Phi) is 5.52. The third kappa shape index (κ3) is 3.51. The van der Waals surface area contributed by atoms with Gasteiger partial charge in [-0.05, 0) is 16.5 Å². The highest BCUT2D eigenvalue weighted by atomic mass is 79.9. The minimum Gasteiger partial charge on any atom is -1.00 e. The summed E-state index contributed by atoms with van der Waals surface area (Å²) in [5.41, 5.74) is 7.61. The Balaban J connectivity index is 0.00000225. The summed E-state index contributed by atoms with van der Waals surface area (Å²) in [7, 11) is 1.85. The van der Waals surface area contributed by atoms with E-state index in [4.69, 9.17) is 5.73 Å². The van der Waals surface area contributed by atoms with Crippen molar-refractivity contribution >= 4 is 44.6 Å². The predicted octanol–water partition coefficient (Wildman–Crippen LogP) is 1.63. The zero-order chi connectivity index (χ0) is 19.0. The molecule has 2 aromatic heterocycles. The van der Waals surface area contributed by atoms with E-state index < -0.39 is 4.92 Å². The predicted molar refractivity (Wildman–Crippen MR) is 104 cm³/mol. The molecule has 142 valence electrons. The van der Waals surface area contributed by atoms with E-state index in [9.17, 15) is 10.1 Å². The van der Waals surface area contributed by atoms with Crippen molar-refractivity contribution in [3.63, 3.8) is 0 Å². The van der Waals surface area contributed by atoms with Crippen molar-refractivity contribution in [2.45, 2.75) is 0 Å². The molecule has 0 aliphatic rings. The van der Waals surface area contributed by atoms with Crippen LogP contribution in [-0.2, 0) is 7.05 Å². The number of azo groups is 1. The molecule has 0 fully saturated rings. The van der Waals surface area contributed by atoms with Crippen LogP contribution in [0.3, 0.4) is 0 Å². The highest BCUT2D eigenvalue weighted by Crippen LogP contribution is 2.32. The fourth-order valence-corrected chi connectivity index (χ4v) is 3.71. The van der Waals surface area contributed by atoms with Gasteiger partial charge in [0, 0.05) is 33.8 Å². The van der Waals surface area contributed by atoms with Gasteiger partial charge in [-0.1, -0.05) is 36.4 Å². The number of nitrogens with two attached hydrogens (primary N) is 1. The Bertz CT molecular complexity index is 1200. The van der Waals surface area contributed by atoms with E-state index in [1.165, 1.54) is 17.4 Å². The Hall–Kier alpha value is -3.11. The van der Waals surface area contributed by atoms with E-state index in [1.807, 2.05) is 47.3 Å². The normalized spacial score (nSPS) is 11.0. The van der Waals surface area contributed by atoms with Crippen molar-refractivity contribution in [1.82, 2.24) is 4.98 Å². The molecule has 0 bridgehead atoms. The van der Waals surface area contributed by atoms with Crippen molar-refractivity contribution in [2.75, 3.05) is 5.73 Å². The maximum Gasteiger partial charge on any atom is 0.408 e. The van der Waals surface area contributed by atoms with Gasteiger partial charge < -0.3 is 27.7 Å². The van der Waals surface area contributed by atoms with Gasteiger partial charge in [-0.25, -0.2) is 4.57 Å². The number of anilines is 1. The van der Waals surface area contributed by atoms with Crippen LogP contribution in [0.4, 0.5) is 22.5 Å². The summed E-state index contributed by atoms with van der Waals surface area (Å²) in [5, 5.41) is 24.0. The van der Waals surface area contributed by atoms with Gasteiger partial charge in [-0.2, -0.15) is 0 Å². The summed E-state index contributed by atoms with van der Waals surface area (Å²) < 4.78 is 1.85. The highest BCUT2D eigenvalue weighted by molar-refractivity contribution is 7.13. The fourth-order valence-electron chi connectivity index (χ4n) is 2.86. The van der Waals surface area contributed by atoms with E-state index in [0.717, 1.165) is 22.0 Å². The number of hydrogen-bond donors (Lipinski definition) is 2. The number of rotatable bonds is 4. The lowest BCUT2D eigenvalue weighted by molar-refractivity contribution is -0.643. The van der Waals surface area contributed by atoms with Gasteiger partial charge in [0.25, 0.3) is 5.69 Å². The number of nitro benzene ring substituents is 1. The quantitative estimate of drug-likeness (QED) is 0.209. The first-order chi connectivity index (χ1) is 13.0. The molecule has 0 aliphatic carbocycles.